The first-order valence-electron chi connectivity index (χ1n) is 4.49. The van der Waals surface area contributed by atoms with E-state index in [1.165, 1.54) is 6.07 Å². The highest BCUT2D eigenvalue weighted by atomic mass is 19.2. The summed E-state index contributed by atoms with van der Waals surface area (Å²) in [5.74, 6) is 4.33. The lowest BCUT2D eigenvalue weighted by Crippen LogP contribution is -1.97. The molecule has 0 saturated heterocycles. The van der Waals surface area contributed by atoms with E-state index in [-0.39, 0.29) is 5.92 Å². The second-order valence-corrected chi connectivity index (χ2v) is 3.25. The molecule has 74 valence electrons. The van der Waals surface area contributed by atoms with Crippen LogP contribution in [-0.4, -0.2) is 0 Å². The molecule has 1 rings (SSSR count). The van der Waals surface area contributed by atoms with Crippen molar-refractivity contribution in [1.29, 1.82) is 0 Å². The molecule has 0 aromatic heterocycles. The van der Waals surface area contributed by atoms with Crippen LogP contribution < -0.4 is 0 Å². The Kier molecular flexibility index (Phi) is 3.64. The summed E-state index contributed by atoms with van der Waals surface area (Å²) < 4.78 is 25.4. The largest absolute Gasteiger partial charge is 0.204 e. The van der Waals surface area contributed by atoms with E-state index < -0.39 is 11.6 Å². The normalized spacial score (nSPS) is 11.7. The van der Waals surface area contributed by atoms with Crippen LogP contribution in [0.4, 0.5) is 8.78 Å². The SMILES string of the molecule is CC#CC(C)Cc1ccc(F)c(F)c1. The number of rotatable bonds is 2. The quantitative estimate of drug-likeness (QED) is 0.634. The van der Waals surface area contributed by atoms with Gasteiger partial charge in [-0.3, -0.25) is 0 Å². The van der Waals surface area contributed by atoms with Gasteiger partial charge in [0, 0.05) is 5.92 Å². The summed E-state index contributed by atoms with van der Waals surface area (Å²) in [5.41, 5.74) is 0.777. The van der Waals surface area contributed by atoms with Crippen LogP contribution >= 0.6 is 0 Å². The highest BCUT2D eigenvalue weighted by Crippen LogP contribution is 2.12. The lowest BCUT2D eigenvalue weighted by Gasteiger charge is -2.04. The molecule has 0 aliphatic rings. The van der Waals surface area contributed by atoms with Crippen molar-refractivity contribution in [1.82, 2.24) is 0 Å². The molecular formula is C12H12F2. The van der Waals surface area contributed by atoms with Gasteiger partial charge >= 0.3 is 0 Å². The number of benzene rings is 1. The fourth-order valence-corrected chi connectivity index (χ4v) is 1.32. The number of halogens is 2. The van der Waals surface area contributed by atoms with Gasteiger partial charge in [0.25, 0.3) is 0 Å². The average molecular weight is 194 g/mol. The molecule has 14 heavy (non-hydrogen) atoms. The molecule has 0 N–H and O–H groups in total. The van der Waals surface area contributed by atoms with Gasteiger partial charge in [-0.1, -0.05) is 13.0 Å². The monoisotopic (exact) mass is 194 g/mol. The van der Waals surface area contributed by atoms with E-state index in [0.29, 0.717) is 6.42 Å². The van der Waals surface area contributed by atoms with Gasteiger partial charge in [-0.15, -0.1) is 11.8 Å². The molecule has 0 radical (unpaired) electrons. The zero-order valence-corrected chi connectivity index (χ0v) is 8.27. The van der Waals surface area contributed by atoms with Gasteiger partial charge in [0.05, 0.1) is 0 Å². The second-order valence-electron chi connectivity index (χ2n) is 3.25. The van der Waals surface area contributed by atoms with Crippen molar-refractivity contribution >= 4 is 0 Å². The summed E-state index contributed by atoms with van der Waals surface area (Å²) in [6.07, 6.45) is 0.651. The van der Waals surface area contributed by atoms with Crippen molar-refractivity contribution < 1.29 is 8.78 Å². The fourth-order valence-electron chi connectivity index (χ4n) is 1.32. The van der Waals surface area contributed by atoms with E-state index in [1.54, 1.807) is 13.0 Å². The Hall–Kier alpha value is -1.36. The molecule has 1 aromatic carbocycles. The van der Waals surface area contributed by atoms with Crippen molar-refractivity contribution in [3.8, 4) is 11.8 Å². The summed E-state index contributed by atoms with van der Waals surface area (Å²) in [4.78, 5) is 0. The molecule has 0 amide bonds. The van der Waals surface area contributed by atoms with E-state index in [4.69, 9.17) is 0 Å². The minimum atomic E-state index is -0.803. The first-order chi connectivity index (χ1) is 6.63. The van der Waals surface area contributed by atoms with E-state index in [9.17, 15) is 8.78 Å². The minimum absolute atomic E-state index is 0.171. The Balaban J connectivity index is 2.76. The average Bonchev–Trinajstić information content (AvgIpc) is 2.12. The molecule has 0 spiro atoms. The second kappa shape index (κ2) is 4.76. The maximum Gasteiger partial charge on any atom is 0.159 e. The van der Waals surface area contributed by atoms with Crippen molar-refractivity contribution in [3.05, 3.63) is 35.4 Å². The molecule has 2 heteroatoms. The molecule has 0 nitrogen and oxygen atoms in total. The molecule has 0 fully saturated rings. The van der Waals surface area contributed by atoms with Crippen LogP contribution in [-0.2, 0) is 6.42 Å². The smallest absolute Gasteiger partial charge is 0.159 e. The van der Waals surface area contributed by atoms with Gasteiger partial charge in [0.1, 0.15) is 0 Å². The van der Waals surface area contributed by atoms with Gasteiger partial charge in [-0.05, 0) is 31.0 Å². The van der Waals surface area contributed by atoms with Gasteiger partial charge in [0.2, 0.25) is 0 Å². The number of hydrogen-bond donors (Lipinski definition) is 0. The van der Waals surface area contributed by atoms with Crippen LogP contribution in [0.25, 0.3) is 0 Å². The molecule has 0 bridgehead atoms. The summed E-state index contributed by atoms with van der Waals surface area (Å²) in [6.45, 7) is 3.72. The number of hydrogen-bond acceptors (Lipinski definition) is 0. The first-order valence-corrected chi connectivity index (χ1v) is 4.49. The van der Waals surface area contributed by atoms with Gasteiger partial charge in [-0.2, -0.15) is 0 Å². The van der Waals surface area contributed by atoms with Crippen LogP contribution in [0.2, 0.25) is 0 Å². The third kappa shape index (κ3) is 2.85. The lowest BCUT2D eigenvalue weighted by atomic mass is 10.0. The highest BCUT2D eigenvalue weighted by molar-refractivity contribution is 5.19. The maximum atomic E-state index is 12.8. The van der Waals surface area contributed by atoms with E-state index in [2.05, 4.69) is 11.8 Å². The molecule has 0 aliphatic heterocycles. The molecule has 0 heterocycles. The van der Waals surface area contributed by atoms with E-state index in [0.717, 1.165) is 11.6 Å². The third-order valence-electron chi connectivity index (χ3n) is 1.92. The van der Waals surface area contributed by atoms with Gasteiger partial charge < -0.3 is 0 Å². The van der Waals surface area contributed by atoms with Crippen molar-refractivity contribution in [2.75, 3.05) is 0 Å². The Morgan fingerprint density at radius 3 is 2.57 bits per heavy atom. The van der Waals surface area contributed by atoms with Crippen LogP contribution in [0.15, 0.2) is 18.2 Å². The standard InChI is InChI=1S/C12H12F2/c1-3-4-9(2)7-10-5-6-11(13)12(14)8-10/h5-6,8-9H,7H2,1-2H3. The van der Waals surface area contributed by atoms with Crippen molar-refractivity contribution in [2.45, 2.75) is 20.3 Å². The lowest BCUT2D eigenvalue weighted by molar-refractivity contribution is 0.506. The van der Waals surface area contributed by atoms with Crippen LogP contribution in [0.1, 0.15) is 19.4 Å². The van der Waals surface area contributed by atoms with Crippen molar-refractivity contribution in [2.24, 2.45) is 5.92 Å². The summed E-state index contributed by atoms with van der Waals surface area (Å²) in [6, 6.07) is 3.96. The third-order valence-corrected chi connectivity index (χ3v) is 1.92. The molecular weight excluding hydrogens is 182 g/mol. The molecule has 0 saturated carbocycles. The summed E-state index contributed by atoms with van der Waals surface area (Å²) in [7, 11) is 0. The van der Waals surface area contributed by atoms with Crippen LogP contribution in [0.5, 0.6) is 0 Å². The Morgan fingerprint density at radius 1 is 1.29 bits per heavy atom. The predicted octanol–water partition coefficient (Wildman–Crippen LogP) is 3.17. The van der Waals surface area contributed by atoms with Crippen LogP contribution in [0.3, 0.4) is 0 Å². The Morgan fingerprint density at radius 2 is 2.00 bits per heavy atom. The fraction of sp³-hybridized carbons (Fsp3) is 0.333. The Labute approximate surface area is 83.0 Å². The zero-order valence-electron chi connectivity index (χ0n) is 8.27. The summed E-state index contributed by atoms with van der Waals surface area (Å²) >= 11 is 0. The van der Waals surface area contributed by atoms with E-state index >= 15 is 0 Å². The molecule has 0 aliphatic carbocycles. The molecule has 1 unspecified atom stereocenters. The molecule has 1 atom stereocenters. The topological polar surface area (TPSA) is 0 Å². The maximum absolute atomic E-state index is 12.8. The Bertz CT molecular complexity index is 372. The summed E-state index contributed by atoms with van der Waals surface area (Å²) in [5, 5.41) is 0. The van der Waals surface area contributed by atoms with Gasteiger partial charge in [-0.25, -0.2) is 8.78 Å². The highest BCUT2D eigenvalue weighted by Gasteiger charge is 2.04. The first kappa shape index (κ1) is 10.7. The minimum Gasteiger partial charge on any atom is -0.204 e. The predicted molar refractivity (Wildman–Crippen MR) is 52.7 cm³/mol. The van der Waals surface area contributed by atoms with E-state index in [1.807, 2.05) is 6.92 Å². The van der Waals surface area contributed by atoms with Crippen molar-refractivity contribution in [3.63, 3.8) is 0 Å². The molecule has 1 aromatic rings. The van der Waals surface area contributed by atoms with Crippen LogP contribution in [0, 0.1) is 29.4 Å². The zero-order chi connectivity index (χ0) is 10.6. The van der Waals surface area contributed by atoms with Gasteiger partial charge in [0.15, 0.2) is 11.6 Å².